The second-order valence-electron chi connectivity index (χ2n) is 5.91. The van der Waals surface area contributed by atoms with Gasteiger partial charge in [0, 0.05) is 24.2 Å². The molecule has 3 aromatic rings. The Labute approximate surface area is 155 Å². The molecule has 0 aliphatic rings. The van der Waals surface area contributed by atoms with Crippen molar-refractivity contribution in [2.45, 2.75) is 4.90 Å². The predicted octanol–water partition coefficient (Wildman–Crippen LogP) is 3.38. The third-order valence-corrected chi connectivity index (χ3v) is 5.85. The normalized spacial score (nSPS) is 11.7. The standard InChI is InChI=1S/C19H16F2N2O3S/c1-23(27(25,26)18-10-9-14(20)11-16(18)21)12-19(24)22-17-8-4-6-13-5-2-3-7-15(13)17/h2-11H,12H2,1H3,(H,22,24). The summed E-state index contributed by atoms with van der Waals surface area (Å²) >= 11 is 0. The van der Waals surface area contributed by atoms with Gasteiger partial charge < -0.3 is 5.32 Å². The number of amides is 1. The molecule has 0 spiro atoms. The average Bonchev–Trinajstić information content (AvgIpc) is 2.61. The number of fused-ring (bicyclic) bond motifs is 1. The first-order valence-corrected chi connectivity index (χ1v) is 9.42. The topological polar surface area (TPSA) is 66.5 Å². The molecule has 5 nitrogen and oxygen atoms in total. The average molecular weight is 390 g/mol. The van der Waals surface area contributed by atoms with Crippen molar-refractivity contribution in [2.75, 3.05) is 18.9 Å². The number of carbonyl (C=O) groups excluding carboxylic acids is 1. The molecule has 0 saturated carbocycles. The van der Waals surface area contributed by atoms with Crippen LogP contribution < -0.4 is 5.32 Å². The van der Waals surface area contributed by atoms with Crippen molar-refractivity contribution in [3.05, 3.63) is 72.3 Å². The Hall–Kier alpha value is -2.84. The van der Waals surface area contributed by atoms with Gasteiger partial charge in [0.15, 0.2) is 0 Å². The van der Waals surface area contributed by atoms with Crippen molar-refractivity contribution in [3.63, 3.8) is 0 Å². The summed E-state index contributed by atoms with van der Waals surface area (Å²) in [6.45, 7) is -0.525. The third kappa shape index (κ3) is 3.96. The van der Waals surface area contributed by atoms with Crippen molar-refractivity contribution in [1.29, 1.82) is 0 Å². The van der Waals surface area contributed by atoms with Crippen LogP contribution in [0.4, 0.5) is 14.5 Å². The van der Waals surface area contributed by atoms with Gasteiger partial charge in [-0.15, -0.1) is 0 Å². The Morgan fingerprint density at radius 3 is 2.48 bits per heavy atom. The van der Waals surface area contributed by atoms with Crippen LogP contribution in [-0.4, -0.2) is 32.2 Å². The van der Waals surface area contributed by atoms with Gasteiger partial charge in [0.2, 0.25) is 15.9 Å². The maximum Gasteiger partial charge on any atom is 0.246 e. The number of carbonyl (C=O) groups is 1. The van der Waals surface area contributed by atoms with Gasteiger partial charge in [0.05, 0.1) is 6.54 Å². The molecule has 0 aliphatic carbocycles. The molecule has 0 aromatic heterocycles. The zero-order valence-electron chi connectivity index (χ0n) is 14.3. The zero-order valence-corrected chi connectivity index (χ0v) is 15.1. The fourth-order valence-corrected chi connectivity index (χ4v) is 3.83. The molecule has 27 heavy (non-hydrogen) atoms. The Kier molecular flexibility index (Phi) is 5.20. The molecule has 0 heterocycles. The lowest BCUT2D eigenvalue weighted by atomic mass is 10.1. The lowest BCUT2D eigenvalue weighted by Crippen LogP contribution is -2.35. The number of nitrogens with zero attached hydrogens (tertiary/aromatic N) is 1. The molecular weight excluding hydrogens is 374 g/mol. The molecular formula is C19H16F2N2O3S. The highest BCUT2D eigenvalue weighted by atomic mass is 32.2. The predicted molar refractivity (Wildman–Crippen MR) is 98.8 cm³/mol. The maximum absolute atomic E-state index is 13.8. The number of nitrogens with one attached hydrogen (secondary N) is 1. The van der Waals surface area contributed by atoms with Crippen molar-refractivity contribution >= 4 is 32.4 Å². The monoisotopic (exact) mass is 390 g/mol. The van der Waals surface area contributed by atoms with Gasteiger partial charge >= 0.3 is 0 Å². The summed E-state index contributed by atoms with van der Waals surface area (Å²) in [7, 11) is -3.13. The Bertz CT molecular complexity index is 1110. The highest BCUT2D eigenvalue weighted by Gasteiger charge is 2.26. The van der Waals surface area contributed by atoms with Crippen molar-refractivity contribution in [1.82, 2.24) is 4.31 Å². The van der Waals surface area contributed by atoms with Crippen LogP contribution in [0.2, 0.25) is 0 Å². The summed E-state index contributed by atoms with van der Waals surface area (Å²) in [5.41, 5.74) is 0.539. The first-order chi connectivity index (χ1) is 12.8. The number of rotatable bonds is 5. The van der Waals surface area contributed by atoms with E-state index in [-0.39, 0.29) is 0 Å². The minimum atomic E-state index is -4.29. The summed E-state index contributed by atoms with van der Waals surface area (Å²) in [6.07, 6.45) is 0. The lowest BCUT2D eigenvalue weighted by molar-refractivity contribution is -0.116. The van der Waals surface area contributed by atoms with Crippen LogP contribution in [0.5, 0.6) is 0 Å². The fraction of sp³-hybridized carbons (Fsp3) is 0.105. The number of sulfonamides is 1. The second kappa shape index (κ2) is 7.42. The summed E-state index contributed by atoms with van der Waals surface area (Å²) in [6, 6.07) is 14.9. The number of hydrogen-bond donors (Lipinski definition) is 1. The molecule has 0 aliphatic heterocycles. The van der Waals surface area contributed by atoms with E-state index >= 15 is 0 Å². The van der Waals surface area contributed by atoms with E-state index in [1.54, 1.807) is 12.1 Å². The molecule has 3 rings (SSSR count). The van der Waals surface area contributed by atoms with Gasteiger partial charge in [-0.05, 0) is 23.6 Å². The first-order valence-electron chi connectivity index (χ1n) is 7.98. The van der Waals surface area contributed by atoms with E-state index in [0.717, 1.165) is 30.0 Å². The first kappa shape index (κ1) is 18.9. The summed E-state index contributed by atoms with van der Waals surface area (Å²) in [5.74, 6) is -2.68. The SMILES string of the molecule is CN(CC(=O)Nc1cccc2ccccc12)S(=O)(=O)c1ccc(F)cc1F. The van der Waals surface area contributed by atoms with Crippen LogP contribution in [0.3, 0.4) is 0 Å². The van der Waals surface area contributed by atoms with Gasteiger partial charge in [-0.1, -0.05) is 36.4 Å². The van der Waals surface area contributed by atoms with Crippen molar-refractivity contribution < 1.29 is 22.0 Å². The van der Waals surface area contributed by atoms with E-state index in [4.69, 9.17) is 0 Å². The van der Waals surface area contributed by atoms with Crippen molar-refractivity contribution in [3.8, 4) is 0 Å². The van der Waals surface area contributed by atoms with Crippen LogP contribution in [0.25, 0.3) is 10.8 Å². The molecule has 3 aromatic carbocycles. The molecule has 0 atom stereocenters. The van der Waals surface area contributed by atoms with E-state index in [2.05, 4.69) is 5.32 Å². The molecule has 0 unspecified atom stereocenters. The zero-order chi connectivity index (χ0) is 19.6. The van der Waals surface area contributed by atoms with Gasteiger partial charge in [0.1, 0.15) is 16.5 Å². The molecule has 1 N–H and O–H groups in total. The number of benzene rings is 3. The minimum Gasteiger partial charge on any atom is -0.324 e. The fourth-order valence-electron chi connectivity index (χ4n) is 2.66. The highest BCUT2D eigenvalue weighted by Crippen LogP contribution is 2.23. The van der Waals surface area contributed by atoms with E-state index in [1.807, 2.05) is 30.3 Å². The Balaban J connectivity index is 1.79. The molecule has 0 bridgehead atoms. The Morgan fingerprint density at radius 1 is 1.04 bits per heavy atom. The second-order valence-corrected chi connectivity index (χ2v) is 7.92. The quantitative estimate of drug-likeness (QED) is 0.726. The molecule has 1 amide bonds. The Morgan fingerprint density at radius 2 is 1.74 bits per heavy atom. The summed E-state index contributed by atoms with van der Waals surface area (Å²) in [5, 5.41) is 4.39. The number of halogens is 2. The van der Waals surface area contributed by atoms with Crippen LogP contribution in [0.1, 0.15) is 0 Å². The summed E-state index contributed by atoms with van der Waals surface area (Å²) in [4.78, 5) is 11.6. The van der Waals surface area contributed by atoms with Crippen LogP contribution >= 0.6 is 0 Å². The van der Waals surface area contributed by atoms with Gasteiger partial charge in [-0.25, -0.2) is 17.2 Å². The lowest BCUT2D eigenvalue weighted by Gasteiger charge is -2.17. The van der Waals surface area contributed by atoms with Gasteiger partial charge in [-0.2, -0.15) is 4.31 Å². The van der Waals surface area contributed by atoms with E-state index in [1.165, 1.54) is 0 Å². The largest absolute Gasteiger partial charge is 0.324 e. The van der Waals surface area contributed by atoms with Crippen molar-refractivity contribution in [2.24, 2.45) is 0 Å². The maximum atomic E-state index is 13.8. The number of likely N-dealkylation sites (N-methyl/N-ethyl adjacent to an activating group) is 1. The molecule has 8 heteroatoms. The minimum absolute atomic E-state index is 0.483. The number of anilines is 1. The molecule has 0 saturated heterocycles. The van der Waals surface area contributed by atoms with E-state index < -0.39 is 39.0 Å². The smallest absolute Gasteiger partial charge is 0.246 e. The van der Waals surface area contributed by atoms with Crippen LogP contribution in [0, 0.1) is 11.6 Å². The molecule has 140 valence electrons. The van der Waals surface area contributed by atoms with E-state index in [9.17, 15) is 22.0 Å². The highest BCUT2D eigenvalue weighted by molar-refractivity contribution is 7.89. The molecule has 0 fully saturated rings. The van der Waals surface area contributed by atoms with E-state index in [0.29, 0.717) is 16.1 Å². The van der Waals surface area contributed by atoms with Gasteiger partial charge in [-0.3, -0.25) is 4.79 Å². The number of hydrogen-bond acceptors (Lipinski definition) is 3. The molecule has 0 radical (unpaired) electrons. The van der Waals surface area contributed by atoms with Crippen LogP contribution in [0.15, 0.2) is 65.6 Å². The summed E-state index contributed by atoms with van der Waals surface area (Å²) < 4.78 is 52.4. The van der Waals surface area contributed by atoms with Gasteiger partial charge in [0.25, 0.3) is 0 Å². The third-order valence-electron chi connectivity index (χ3n) is 4.01. The van der Waals surface area contributed by atoms with Crippen LogP contribution in [-0.2, 0) is 14.8 Å².